The number of hydrogen-bond donors (Lipinski definition) is 1. The van der Waals surface area contributed by atoms with E-state index in [1.54, 1.807) is 18.5 Å². The van der Waals surface area contributed by atoms with Crippen LogP contribution in [0.3, 0.4) is 0 Å². The first-order chi connectivity index (χ1) is 8.16. The molecule has 2 aromatic rings. The van der Waals surface area contributed by atoms with Gasteiger partial charge in [0.25, 0.3) is 0 Å². The zero-order valence-corrected chi connectivity index (χ0v) is 10.1. The van der Waals surface area contributed by atoms with Crippen molar-refractivity contribution < 1.29 is 4.39 Å². The zero-order chi connectivity index (χ0) is 12.3. The van der Waals surface area contributed by atoms with Gasteiger partial charge >= 0.3 is 0 Å². The minimum absolute atomic E-state index is 0.00836. The number of pyridine rings is 1. The summed E-state index contributed by atoms with van der Waals surface area (Å²) < 4.78 is 13.5. The molecule has 0 amide bonds. The Hall–Kier alpha value is -1.61. The van der Waals surface area contributed by atoms with Crippen LogP contribution in [0.15, 0.2) is 42.7 Å². The van der Waals surface area contributed by atoms with Crippen LogP contribution in [0.2, 0.25) is 5.02 Å². The average Bonchev–Trinajstić information content (AvgIpc) is 2.35. The van der Waals surface area contributed by atoms with Gasteiger partial charge in [-0.3, -0.25) is 4.98 Å². The summed E-state index contributed by atoms with van der Waals surface area (Å²) in [6.45, 7) is 1.95. The molecule has 0 aliphatic carbocycles. The first-order valence-corrected chi connectivity index (χ1v) is 5.66. The molecule has 1 aromatic carbocycles. The van der Waals surface area contributed by atoms with Gasteiger partial charge in [0.2, 0.25) is 0 Å². The molecule has 88 valence electrons. The molecule has 1 atom stereocenters. The summed E-state index contributed by atoms with van der Waals surface area (Å²) in [7, 11) is 0. The minimum atomic E-state index is -0.310. The number of nitrogens with zero attached hydrogens (tertiary/aromatic N) is 1. The quantitative estimate of drug-likeness (QED) is 0.889. The number of benzene rings is 1. The van der Waals surface area contributed by atoms with Gasteiger partial charge in [0.1, 0.15) is 5.82 Å². The number of rotatable bonds is 3. The fraction of sp³-hybridized carbons (Fsp3) is 0.154. The van der Waals surface area contributed by atoms with E-state index in [0.717, 1.165) is 5.56 Å². The molecular weight excluding hydrogens is 239 g/mol. The van der Waals surface area contributed by atoms with E-state index in [1.807, 2.05) is 19.1 Å². The van der Waals surface area contributed by atoms with Crippen LogP contribution >= 0.6 is 11.6 Å². The highest BCUT2D eigenvalue weighted by Crippen LogP contribution is 2.24. The third-order valence-corrected chi connectivity index (χ3v) is 2.74. The van der Waals surface area contributed by atoms with Crippen molar-refractivity contribution in [1.29, 1.82) is 0 Å². The average molecular weight is 251 g/mol. The molecule has 4 heteroatoms. The van der Waals surface area contributed by atoms with Gasteiger partial charge < -0.3 is 5.32 Å². The predicted molar refractivity (Wildman–Crippen MR) is 67.7 cm³/mol. The molecule has 0 aliphatic rings. The van der Waals surface area contributed by atoms with E-state index < -0.39 is 0 Å². The Morgan fingerprint density at radius 2 is 1.94 bits per heavy atom. The molecule has 0 fully saturated rings. The first-order valence-electron chi connectivity index (χ1n) is 5.28. The Bertz CT molecular complexity index is 502. The van der Waals surface area contributed by atoms with Gasteiger partial charge in [0.05, 0.1) is 5.69 Å². The Morgan fingerprint density at radius 1 is 1.24 bits per heavy atom. The Balaban J connectivity index is 2.18. The highest BCUT2D eigenvalue weighted by molar-refractivity contribution is 6.30. The van der Waals surface area contributed by atoms with Crippen LogP contribution < -0.4 is 5.32 Å². The fourth-order valence-electron chi connectivity index (χ4n) is 1.58. The van der Waals surface area contributed by atoms with E-state index >= 15 is 0 Å². The van der Waals surface area contributed by atoms with Gasteiger partial charge in [0.15, 0.2) is 0 Å². The van der Waals surface area contributed by atoms with E-state index in [1.165, 1.54) is 12.1 Å². The molecule has 0 spiro atoms. The minimum Gasteiger partial charge on any atom is -0.376 e. The number of nitrogens with one attached hydrogen (secondary N) is 1. The lowest BCUT2D eigenvalue weighted by molar-refractivity contribution is 0.627. The molecule has 2 rings (SSSR count). The smallest absolute Gasteiger partial charge is 0.146 e. The predicted octanol–water partition coefficient (Wildman–Crippen LogP) is 4.05. The van der Waals surface area contributed by atoms with Crippen LogP contribution in [0.25, 0.3) is 0 Å². The van der Waals surface area contributed by atoms with Gasteiger partial charge in [-0.05, 0) is 42.8 Å². The third kappa shape index (κ3) is 2.94. The van der Waals surface area contributed by atoms with Crippen molar-refractivity contribution in [3.8, 4) is 0 Å². The lowest BCUT2D eigenvalue weighted by Gasteiger charge is -2.16. The molecule has 0 saturated carbocycles. The van der Waals surface area contributed by atoms with E-state index in [2.05, 4.69) is 10.3 Å². The molecule has 2 nitrogen and oxygen atoms in total. The van der Waals surface area contributed by atoms with Gasteiger partial charge in [0, 0.05) is 23.5 Å². The van der Waals surface area contributed by atoms with Gasteiger partial charge in [-0.25, -0.2) is 4.39 Å². The normalized spacial score (nSPS) is 12.2. The fourth-order valence-corrected chi connectivity index (χ4v) is 1.75. The van der Waals surface area contributed by atoms with Crippen molar-refractivity contribution in [2.75, 3.05) is 5.32 Å². The molecule has 1 N–H and O–H groups in total. The summed E-state index contributed by atoms with van der Waals surface area (Å²) in [4.78, 5) is 3.94. The standard InChI is InChI=1S/C13H12ClFN2/c1-9(10-4-6-16-7-5-10)17-13-8-11(14)2-3-12(13)15/h2-9,17H,1H3. The molecule has 0 aliphatic heterocycles. The second kappa shape index (κ2) is 5.15. The maximum Gasteiger partial charge on any atom is 0.146 e. The topological polar surface area (TPSA) is 24.9 Å². The van der Waals surface area contributed by atoms with Crippen LogP contribution in [0.5, 0.6) is 0 Å². The van der Waals surface area contributed by atoms with Gasteiger partial charge in [-0.1, -0.05) is 11.6 Å². The maximum absolute atomic E-state index is 13.5. The number of halogens is 2. The van der Waals surface area contributed by atoms with Crippen molar-refractivity contribution in [3.05, 3.63) is 59.1 Å². The zero-order valence-electron chi connectivity index (χ0n) is 9.32. The van der Waals surface area contributed by atoms with Crippen molar-refractivity contribution >= 4 is 17.3 Å². The van der Waals surface area contributed by atoms with Crippen LogP contribution in [0, 0.1) is 5.82 Å². The van der Waals surface area contributed by atoms with Gasteiger partial charge in [-0.2, -0.15) is 0 Å². The summed E-state index contributed by atoms with van der Waals surface area (Å²) in [5.74, 6) is -0.310. The number of hydrogen-bond acceptors (Lipinski definition) is 2. The summed E-state index contributed by atoms with van der Waals surface area (Å²) in [6, 6.07) is 8.23. The third-order valence-electron chi connectivity index (χ3n) is 2.51. The Morgan fingerprint density at radius 3 is 2.65 bits per heavy atom. The number of anilines is 1. The van der Waals surface area contributed by atoms with Crippen LogP contribution in [0.1, 0.15) is 18.5 Å². The van der Waals surface area contributed by atoms with E-state index in [-0.39, 0.29) is 11.9 Å². The Labute approximate surface area is 104 Å². The van der Waals surface area contributed by atoms with Crippen LogP contribution in [0.4, 0.5) is 10.1 Å². The molecule has 1 heterocycles. The molecule has 1 unspecified atom stereocenters. The van der Waals surface area contributed by atoms with E-state index in [0.29, 0.717) is 10.7 Å². The van der Waals surface area contributed by atoms with Crippen molar-refractivity contribution in [2.24, 2.45) is 0 Å². The van der Waals surface area contributed by atoms with Crippen LogP contribution in [-0.4, -0.2) is 4.98 Å². The van der Waals surface area contributed by atoms with E-state index in [4.69, 9.17) is 11.6 Å². The lowest BCUT2D eigenvalue weighted by atomic mass is 10.1. The second-order valence-electron chi connectivity index (χ2n) is 3.77. The summed E-state index contributed by atoms with van der Waals surface area (Å²) in [6.07, 6.45) is 3.42. The maximum atomic E-state index is 13.5. The molecule has 17 heavy (non-hydrogen) atoms. The van der Waals surface area contributed by atoms with Crippen LogP contribution in [-0.2, 0) is 0 Å². The molecule has 0 bridgehead atoms. The largest absolute Gasteiger partial charge is 0.376 e. The number of aromatic nitrogens is 1. The SMILES string of the molecule is CC(Nc1cc(Cl)ccc1F)c1ccncc1. The summed E-state index contributed by atoms with van der Waals surface area (Å²) >= 11 is 5.83. The highest BCUT2D eigenvalue weighted by atomic mass is 35.5. The lowest BCUT2D eigenvalue weighted by Crippen LogP contribution is -2.07. The summed E-state index contributed by atoms with van der Waals surface area (Å²) in [5, 5.41) is 3.59. The molecular formula is C13H12ClFN2. The monoisotopic (exact) mass is 250 g/mol. The molecule has 1 aromatic heterocycles. The summed E-state index contributed by atoms with van der Waals surface area (Å²) in [5.41, 5.74) is 1.45. The van der Waals surface area contributed by atoms with Crippen molar-refractivity contribution in [3.63, 3.8) is 0 Å². The van der Waals surface area contributed by atoms with Crippen molar-refractivity contribution in [2.45, 2.75) is 13.0 Å². The molecule has 0 radical (unpaired) electrons. The van der Waals surface area contributed by atoms with E-state index in [9.17, 15) is 4.39 Å². The highest BCUT2D eigenvalue weighted by Gasteiger charge is 2.08. The van der Waals surface area contributed by atoms with Gasteiger partial charge in [-0.15, -0.1) is 0 Å². The first kappa shape index (κ1) is 11.9. The molecule has 0 saturated heterocycles. The van der Waals surface area contributed by atoms with Crippen molar-refractivity contribution in [1.82, 2.24) is 4.98 Å². The Kier molecular flexibility index (Phi) is 3.59. The second-order valence-corrected chi connectivity index (χ2v) is 4.21.